The number of nitrogens with zero attached hydrogens (tertiary/aromatic N) is 1. The highest BCUT2D eigenvalue weighted by Gasteiger charge is 2.26. The normalized spacial score (nSPS) is 18.0. The van der Waals surface area contributed by atoms with Gasteiger partial charge in [-0.2, -0.15) is 0 Å². The number of hydrogen-bond donors (Lipinski definition) is 2. The largest absolute Gasteiger partial charge is 0.377 e. The maximum Gasteiger partial charge on any atom is 0.242 e. The summed E-state index contributed by atoms with van der Waals surface area (Å²) >= 11 is 0. The summed E-state index contributed by atoms with van der Waals surface area (Å²) in [5, 5.41) is 5.54. The first-order valence-electron chi connectivity index (χ1n) is 6.40. The third-order valence-electron chi connectivity index (χ3n) is 3.24. The van der Waals surface area contributed by atoms with Crippen LogP contribution in [0.15, 0.2) is 24.3 Å². The Bertz CT molecular complexity index is 485. The zero-order valence-corrected chi connectivity index (χ0v) is 11.3. The van der Waals surface area contributed by atoms with Crippen LogP contribution in [-0.4, -0.2) is 32.0 Å². The molecule has 0 spiro atoms. The molecule has 0 aliphatic carbocycles. The molecule has 1 saturated heterocycles. The first kappa shape index (κ1) is 13.4. The molecule has 1 atom stereocenters. The van der Waals surface area contributed by atoms with Crippen molar-refractivity contribution in [2.75, 3.05) is 19.0 Å². The average molecular weight is 261 g/mol. The monoisotopic (exact) mass is 261 g/mol. The standard InChI is InChI=1S/C14H19N3O2/c1-17(2)12-6-4-3-5-10(12)9-15-14(19)11-7-8-13(18)16-11/h3-6,11H,7-9H2,1-2H3,(H,15,19)(H,16,18). The molecule has 0 aromatic heterocycles. The van der Waals surface area contributed by atoms with Crippen LogP contribution in [0.1, 0.15) is 18.4 Å². The van der Waals surface area contributed by atoms with Crippen molar-refractivity contribution in [1.29, 1.82) is 0 Å². The molecule has 1 unspecified atom stereocenters. The molecule has 0 bridgehead atoms. The van der Waals surface area contributed by atoms with Crippen LogP contribution in [0, 0.1) is 0 Å². The molecule has 0 radical (unpaired) electrons. The van der Waals surface area contributed by atoms with E-state index in [1.165, 1.54) is 0 Å². The molecule has 102 valence electrons. The highest BCUT2D eigenvalue weighted by molar-refractivity contribution is 5.90. The van der Waals surface area contributed by atoms with Crippen molar-refractivity contribution in [2.24, 2.45) is 0 Å². The molecule has 2 rings (SSSR count). The second-order valence-electron chi connectivity index (χ2n) is 4.90. The molecule has 19 heavy (non-hydrogen) atoms. The number of nitrogens with one attached hydrogen (secondary N) is 2. The fourth-order valence-corrected chi connectivity index (χ4v) is 2.21. The van der Waals surface area contributed by atoms with Gasteiger partial charge in [-0.1, -0.05) is 18.2 Å². The van der Waals surface area contributed by atoms with E-state index >= 15 is 0 Å². The minimum Gasteiger partial charge on any atom is -0.377 e. The van der Waals surface area contributed by atoms with E-state index in [9.17, 15) is 9.59 Å². The summed E-state index contributed by atoms with van der Waals surface area (Å²) in [6.07, 6.45) is 1.02. The first-order chi connectivity index (χ1) is 9.08. The van der Waals surface area contributed by atoms with Gasteiger partial charge in [0.25, 0.3) is 0 Å². The number of hydrogen-bond acceptors (Lipinski definition) is 3. The van der Waals surface area contributed by atoms with Gasteiger partial charge in [-0.15, -0.1) is 0 Å². The molecule has 0 saturated carbocycles. The van der Waals surface area contributed by atoms with E-state index in [-0.39, 0.29) is 17.9 Å². The van der Waals surface area contributed by atoms with Gasteiger partial charge < -0.3 is 15.5 Å². The minimum absolute atomic E-state index is 0.0474. The Balaban J connectivity index is 1.95. The van der Waals surface area contributed by atoms with E-state index in [2.05, 4.69) is 10.6 Å². The fraction of sp³-hybridized carbons (Fsp3) is 0.429. The lowest BCUT2D eigenvalue weighted by Crippen LogP contribution is -2.41. The van der Waals surface area contributed by atoms with Crippen LogP contribution in [0.25, 0.3) is 0 Å². The van der Waals surface area contributed by atoms with E-state index in [4.69, 9.17) is 0 Å². The van der Waals surface area contributed by atoms with Crippen molar-refractivity contribution in [1.82, 2.24) is 10.6 Å². The predicted molar refractivity (Wildman–Crippen MR) is 73.8 cm³/mol. The number of rotatable bonds is 4. The Morgan fingerprint density at radius 3 is 2.79 bits per heavy atom. The van der Waals surface area contributed by atoms with Crippen LogP contribution in [0.4, 0.5) is 5.69 Å². The number of carbonyl (C=O) groups is 2. The Kier molecular flexibility index (Phi) is 4.04. The number of para-hydroxylation sites is 1. The average Bonchev–Trinajstić information content (AvgIpc) is 2.83. The number of anilines is 1. The highest BCUT2D eigenvalue weighted by atomic mass is 16.2. The van der Waals surface area contributed by atoms with Crippen molar-refractivity contribution in [3.8, 4) is 0 Å². The lowest BCUT2D eigenvalue weighted by Gasteiger charge is -2.18. The third kappa shape index (κ3) is 3.24. The van der Waals surface area contributed by atoms with Crippen molar-refractivity contribution < 1.29 is 9.59 Å². The van der Waals surface area contributed by atoms with Gasteiger partial charge in [-0.25, -0.2) is 0 Å². The molecule has 1 fully saturated rings. The summed E-state index contributed by atoms with van der Waals surface area (Å²) in [4.78, 5) is 25.0. The zero-order chi connectivity index (χ0) is 13.8. The molecule has 1 aliphatic rings. The van der Waals surface area contributed by atoms with Crippen LogP contribution >= 0.6 is 0 Å². The van der Waals surface area contributed by atoms with Crippen LogP contribution in [0.3, 0.4) is 0 Å². The van der Waals surface area contributed by atoms with Crippen molar-refractivity contribution in [3.63, 3.8) is 0 Å². The van der Waals surface area contributed by atoms with Gasteiger partial charge in [-0.3, -0.25) is 9.59 Å². The smallest absolute Gasteiger partial charge is 0.242 e. The molecule has 5 nitrogen and oxygen atoms in total. The highest BCUT2D eigenvalue weighted by Crippen LogP contribution is 2.17. The third-order valence-corrected chi connectivity index (χ3v) is 3.24. The molecular formula is C14H19N3O2. The van der Waals surface area contributed by atoms with E-state index < -0.39 is 0 Å². The van der Waals surface area contributed by atoms with Crippen molar-refractivity contribution >= 4 is 17.5 Å². The molecule has 2 amide bonds. The van der Waals surface area contributed by atoms with Gasteiger partial charge in [0.15, 0.2) is 0 Å². The maximum atomic E-state index is 11.9. The van der Waals surface area contributed by atoms with Gasteiger partial charge in [0.05, 0.1) is 0 Å². The van der Waals surface area contributed by atoms with Gasteiger partial charge in [-0.05, 0) is 18.1 Å². The Morgan fingerprint density at radius 2 is 2.16 bits per heavy atom. The van der Waals surface area contributed by atoms with Crippen molar-refractivity contribution in [3.05, 3.63) is 29.8 Å². The van der Waals surface area contributed by atoms with Crippen LogP contribution in [0.5, 0.6) is 0 Å². The lowest BCUT2D eigenvalue weighted by molar-refractivity contribution is -0.125. The number of amides is 2. The van der Waals surface area contributed by atoms with Gasteiger partial charge >= 0.3 is 0 Å². The summed E-state index contributed by atoms with van der Waals surface area (Å²) in [7, 11) is 3.94. The molecule has 1 aliphatic heterocycles. The summed E-state index contributed by atoms with van der Waals surface area (Å²) in [5.74, 6) is -0.159. The van der Waals surface area contributed by atoms with Crippen LogP contribution in [-0.2, 0) is 16.1 Å². The van der Waals surface area contributed by atoms with Gasteiger partial charge in [0, 0.05) is 32.7 Å². The lowest BCUT2D eigenvalue weighted by atomic mass is 10.1. The zero-order valence-electron chi connectivity index (χ0n) is 11.3. The van der Waals surface area contributed by atoms with E-state index in [0.717, 1.165) is 11.3 Å². The Morgan fingerprint density at radius 1 is 1.42 bits per heavy atom. The van der Waals surface area contributed by atoms with Crippen LogP contribution < -0.4 is 15.5 Å². The molecule has 2 N–H and O–H groups in total. The summed E-state index contributed by atoms with van der Waals surface area (Å²) in [6, 6.07) is 7.55. The van der Waals surface area contributed by atoms with Crippen LogP contribution in [0.2, 0.25) is 0 Å². The second kappa shape index (κ2) is 5.73. The van der Waals surface area contributed by atoms with E-state index in [1.54, 1.807) is 0 Å². The second-order valence-corrected chi connectivity index (χ2v) is 4.90. The first-order valence-corrected chi connectivity index (χ1v) is 6.40. The predicted octanol–water partition coefficient (Wildman–Crippen LogP) is 0.647. The van der Waals surface area contributed by atoms with Gasteiger partial charge in [0.2, 0.25) is 11.8 Å². The quantitative estimate of drug-likeness (QED) is 0.836. The van der Waals surface area contributed by atoms with E-state index in [0.29, 0.717) is 19.4 Å². The summed E-state index contributed by atoms with van der Waals surface area (Å²) < 4.78 is 0. The molecule has 1 heterocycles. The SMILES string of the molecule is CN(C)c1ccccc1CNC(=O)C1CCC(=O)N1. The van der Waals surface area contributed by atoms with Crippen molar-refractivity contribution in [2.45, 2.75) is 25.4 Å². The summed E-state index contributed by atoms with van der Waals surface area (Å²) in [6.45, 7) is 0.472. The van der Waals surface area contributed by atoms with E-state index in [1.807, 2.05) is 43.3 Å². The summed E-state index contributed by atoms with van der Waals surface area (Å²) in [5.41, 5.74) is 2.14. The number of benzene rings is 1. The minimum atomic E-state index is -0.376. The molecular weight excluding hydrogens is 242 g/mol. The Labute approximate surface area is 113 Å². The number of carbonyl (C=O) groups excluding carboxylic acids is 2. The molecule has 1 aromatic carbocycles. The molecule has 1 aromatic rings. The maximum absolute atomic E-state index is 11.9. The topological polar surface area (TPSA) is 61.4 Å². The fourth-order valence-electron chi connectivity index (χ4n) is 2.21. The molecule has 5 heteroatoms. The van der Waals surface area contributed by atoms with Gasteiger partial charge in [0.1, 0.15) is 6.04 Å². The Hall–Kier alpha value is -2.04.